The van der Waals surface area contributed by atoms with E-state index in [1.165, 1.54) is 0 Å². The molecule has 0 aliphatic heterocycles. The molecule has 1 aromatic rings. The van der Waals surface area contributed by atoms with Gasteiger partial charge in [0.25, 0.3) is 0 Å². The molecule has 12 heavy (non-hydrogen) atoms. The fourth-order valence-corrected chi connectivity index (χ4v) is 1.57. The average Bonchev–Trinajstić information content (AvgIpc) is 2.07. The maximum atomic E-state index is 9.21. The molecule has 0 aromatic heterocycles. The highest BCUT2D eigenvalue weighted by Crippen LogP contribution is 2.20. The summed E-state index contributed by atoms with van der Waals surface area (Å²) >= 11 is 2.09. The molecule has 2 N–H and O–H groups in total. The lowest BCUT2D eigenvalue weighted by Gasteiger charge is -2.01. The molecule has 0 radical (unpaired) electrons. The van der Waals surface area contributed by atoms with Gasteiger partial charge in [-0.15, -0.1) is 0 Å². The summed E-state index contributed by atoms with van der Waals surface area (Å²) in [5.74, 6) is 0.323. The van der Waals surface area contributed by atoms with Crippen molar-refractivity contribution in [1.29, 1.82) is 0 Å². The molecule has 1 aromatic carbocycles. The topological polar surface area (TPSA) is 40.5 Å². The van der Waals surface area contributed by atoms with Gasteiger partial charge in [0.15, 0.2) is 0 Å². The molecule has 0 heterocycles. The number of benzene rings is 1. The highest BCUT2D eigenvalue weighted by atomic mass is 127. The molecule has 0 spiro atoms. The zero-order valence-electron chi connectivity index (χ0n) is 6.63. The van der Waals surface area contributed by atoms with E-state index in [-0.39, 0.29) is 6.61 Å². The number of aliphatic hydroxyl groups excluding tert-OH is 1. The second-order valence-electron chi connectivity index (χ2n) is 2.61. The summed E-state index contributed by atoms with van der Waals surface area (Å²) in [5, 5.41) is 17.8. The van der Waals surface area contributed by atoms with Crippen molar-refractivity contribution in [3.8, 4) is 5.75 Å². The number of hydrogen-bond acceptors (Lipinski definition) is 2. The predicted molar refractivity (Wildman–Crippen MR) is 56.2 cm³/mol. The highest BCUT2D eigenvalue weighted by molar-refractivity contribution is 14.1. The molecule has 0 fully saturated rings. The van der Waals surface area contributed by atoms with Crippen LogP contribution in [-0.2, 0) is 6.42 Å². The fourth-order valence-electron chi connectivity index (χ4n) is 0.989. The summed E-state index contributed by atoms with van der Waals surface area (Å²) in [6.45, 7) is 0.220. The van der Waals surface area contributed by atoms with Crippen molar-refractivity contribution in [3.63, 3.8) is 0 Å². The summed E-state index contributed by atoms with van der Waals surface area (Å²) in [7, 11) is 0. The van der Waals surface area contributed by atoms with Crippen LogP contribution in [0.5, 0.6) is 5.75 Å². The molecule has 0 amide bonds. The molecule has 3 heteroatoms. The number of phenols is 1. The van der Waals surface area contributed by atoms with Crippen LogP contribution in [0.3, 0.4) is 0 Å². The summed E-state index contributed by atoms with van der Waals surface area (Å²) < 4.78 is 0.864. The lowest BCUT2D eigenvalue weighted by Crippen LogP contribution is -1.89. The number of hydrogen-bond donors (Lipinski definition) is 2. The minimum absolute atomic E-state index is 0.220. The number of aliphatic hydroxyl groups is 1. The van der Waals surface area contributed by atoms with Gasteiger partial charge in [0.2, 0.25) is 0 Å². The Morgan fingerprint density at radius 2 is 2.08 bits per heavy atom. The van der Waals surface area contributed by atoms with Crippen molar-refractivity contribution in [2.45, 2.75) is 12.8 Å². The first-order valence-electron chi connectivity index (χ1n) is 3.82. The van der Waals surface area contributed by atoms with Crippen molar-refractivity contribution in [3.05, 3.63) is 27.3 Å². The quantitative estimate of drug-likeness (QED) is 0.829. The van der Waals surface area contributed by atoms with Crippen LogP contribution in [0.4, 0.5) is 0 Å². The Morgan fingerprint density at radius 3 is 2.67 bits per heavy atom. The van der Waals surface area contributed by atoms with Crippen LogP contribution in [0.1, 0.15) is 12.0 Å². The number of aryl methyl sites for hydroxylation is 1. The van der Waals surface area contributed by atoms with Crippen molar-refractivity contribution in [1.82, 2.24) is 0 Å². The monoisotopic (exact) mass is 278 g/mol. The molecule has 66 valence electrons. The van der Waals surface area contributed by atoms with Gasteiger partial charge in [-0.3, -0.25) is 0 Å². The Labute approximate surface area is 85.4 Å². The van der Waals surface area contributed by atoms with Gasteiger partial charge in [0, 0.05) is 6.61 Å². The first-order valence-corrected chi connectivity index (χ1v) is 4.90. The predicted octanol–water partition coefficient (Wildman–Crippen LogP) is 1.92. The summed E-state index contributed by atoms with van der Waals surface area (Å²) in [5.41, 5.74) is 1.16. The molecule has 0 saturated carbocycles. The van der Waals surface area contributed by atoms with Gasteiger partial charge >= 0.3 is 0 Å². The van der Waals surface area contributed by atoms with Gasteiger partial charge in [-0.05, 0) is 53.1 Å². The van der Waals surface area contributed by atoms with Gasteiger partial charge in [0.05, 0.1) is 3.57 Å². The number of rotatable bonds is 3. The number of halogens is 1. The zero-order valence-corrected chi connectivity index (χ0v) is 8.78. The van der Waals surface area contributed by atoms with Crippen molar-refractivity contribution >= 4 is 22.6 Å². The van der Waals surface area contributed by atoms with E-state index in [0.29, 0.717) is 5.75 Å². The Morgan fingerprint density at radius 1 is 1.33 bits per heavy atom. The van der Waals surface area contributed by atoms with Crippen molar-refractivity contribution in [2.75, 3.05) is 6.61 Å². The van der Waals surface area contributed by atoms with Gasteiger partial charge in [-0.25, -0.2) is 0 Å². The molecule has 0 aliphatic carbocycles. The second-order valence-corrected chi connectivity index (χ2v) is 3.78. The minimum Gasteiger partial charge on any atom is -0.507 e. The average molecular weight is 278 g/mol. The summed E-state index contributed by atoms with van der Waals surface area (Å²) in [6.07, 6.45) is 1.65. The van der Waals surface area contributed by atoms with Crippen molar-refractivity contribution in [2.24, 2.45) is 0 Å². The van der Waals surface area contributed by atoms with E-state index < -0.39 is 0 Å². The lowest BCUT2D eigenvalue weighted by atomic mass is 10.1. The molecule has 0 bridgehead atoms. The Kier molecular flexibility index (Phi) is 3.81. The Bertz CT molecular complexity index is 261. The maximum Gasteiger partial charge on any atom is 0.128 e. The second kappa shape index (κ2) is 4.67. The Hall–Kier alpha value is -0.290. The minimum atomic E-state index is 0.220. The largest absolute Gasteiger partial charge is 0.507 e. The van der Waals surface area contributed by atoms with E-state index in [0.717, 1.165) is 22.0 Å². The molecule has 0 unspecified atom stereocenters. The number of phenolic OH excluding ortho intramolecular Hbond substituents is 1. The number of aromatic hydroxyl groups is 1. The van der Waals surface area contributed by atoms with Crippen LogP contribution in [-0.4, -0.2) is 16.8 Å². The first kappa shape index (κ1) is 9.80. The lowest BCUT2D eigenvalue weighted by molar-refractivity contribution is 0.288. The molecule has 2 nitrogen and oxygen atoms in total. The molecule has 0 saturated heterocycles. The third-order valence-electron chi connectivity index (χ3n) is 1.64. The fraction of sp³-hybridized carbons (Fsp3) is 0.333. The standard InChI is InChI=1S/C9H11IO2/c10-8-6-7(2-1-5-11)3-4-9(8)12/h3-4,6,11-12H,1-2,5H2. The van der Waals surface area contributed by atoms with Crippen LogP contribution in [0.15, 0.2) is 18.2 Å². The summed E-state index contributed by atoms with van der Waals surface area (Å²) in [6, 6.07) is 5.51. The zero-order chi connectivity index (χ0) is 8.97. The van der Waals surface area contributed by atoms with E-state index in [4.69, 9.17) is 5.11 Å². The molecular formula is C9H11IO2. The Balaban J connectivity index is 2.69. The van der Waals surface area contributed by atoms with E-state index in [2.05, 4.69) is 22.6 Å². The van der Waals surface area contributed by atoms with Gasteiger partial charge in [-0.2, -0.15) is 0 Å². The van der Waals surface area contributed by atoms with Gasteiger partial charge in [-0.1, -0.05) is 6.07 Å². The van der Waals surface area contributed by atoms with Crippen LogP contribution < -0.4 is 0 Å². The van der Waals surface area contributed by atoms with Crippen LogP contribution in [0.25, 0.3) is 0 Å². The highest BCUT2D eigenvalue weighted by Gasteiger charge is 1.98. The molecular weight excluding hydrogens is 267 g/mol. The van der Waals surface area contributed by atoms with Crippen LogP contribution in [0, 0.1) is 3.57 Å². The molecule has 0 aliphatic rings. The van der Waals surface area contributed by atoms with E-state index in [1.54, 1.807) is 6.07 Å². The SMILES string of the molecule is OCCCc1ccc(O)c(I)c1. The third-order valence-corrected chi connectivity index (χ3v) is 2.50. The van der Waals surface area contributed by atoms with Gasteiger partial charge < -0.3 is 10.2 Å². The van der Waals surface area contributed by atoms with E-state index in [1.807, 2.05) is 12.1 Å². The first-order chi connectivity index (χ1) is 5.74. The van der Waals surface area contributed by atoms with E-state index in [9.17, 15) is 5.11 Å². The van der Waals surface area contributed by atoms with Crippen molar-refractivity contribution < 1.29 is 10.2 Å². The van der Waals surface area contributed by atoms with Gasteiger partial charge in [0.1, 0.15) is 5.75 Å². The third kappa shape index (κ3) is 2.64. The smallest absolute Gasteiger partial charge is 0.128 e. The summed E-state index contributed by atoms with van der Waals surface area (Å²) in [4.78, 5) is 0. The normalized spacial score (nSPS) is 10.2. The molecule has 0 atom stereocenters. The van der Waals surface area contributed by atoms with Crippen LogP contribution in [0.2, 0.25) is 0 Å². The van der Waals surface area contributed by atoms with Crippen LogP contribution >= 0.6 is 22.6 Å². The molecule has 1 rings (SSSR count). The maximum absolute atomic E-state index is 9.21. The van der Waals surface area contributed by atoms with E-state index >= 15 is 0 Å².